The molecule has 0 unspecified atom stereocenters. The Hall–Kier alpha value is -0.280. The molecule has 2 rings (SSSR count). The first kappa shape index (κ1) is 41.2. The van der Waals surface area contributed by atoms with Gasteiger partial charge in [0.2, 0.25) is 0 Å². The van der Waals surface area contributed by atoms with E-state index in [1.807, 2.05) is 0 Å². The minimum Gasteiger partial charge on any atom is -0.360 e. The smallest absolute Gasteiger partial charge is 0.0998 e. The van der Waals surface area contributed by atoms with E-state index in [1.54, 1.807) is 0 Å². The van der Waals surface area contributed by atoms with Gasteiger partial charge >= 0.3 is 0 Å². The normalized spacial score (nSPS) is 19.1. The van der Waals surface area contributed by atoms with Crippen LogP contribution in [0, 0.1) is 0 Å². The lowest BCUT2D eigenvalue weighted by Gasteiger charge is -2.42. The molecule has 0 aromatic heterocycles. The van der Waals surface area contributed by atoms with Crippen LogP contribution < -0.4 is 0 Å². The predicted molar refractivity (Wildman–Crippen MR) is 163 cm³/mol. The molecule has 228 valence electrons. The van der Waals surface area contributed by atoms with E-state index in [0.29, 0.717) is 5.54 Å². The van der Waals surface area contributed by atoms with Gasteiger partial charge in [-0.2, -0.15) is 0 Å². The summed E-state index contributed by atoms with van der Waals surface area (Å²) < 4.78 is 17.4. The van der Waals surface area contributed by atoms with Gasteiger partial charge in [0.05, 0.1) is 37.0 Å². The second kappa shape index (κ2) is 17.4. The Morgan fingerprint density at radius 3 is 0.811 bits per heavy atom. The number of hydrogen-bond donors (Lipinski definition) is 0. The molecule has 0 radical (unpaired) electrons. The van der Waals surface area contributed by atoms with Gasteiger partial charge in [-0.05, 0) is 83.1 Å². The van der Waals surface area contributed by atoms with Gasteiger partial charge in [-0.15, -0.1) is 0 Å². The SMILES string of the molecule is C.C.C.CC(C)(C)OCN1CCN(C(C)(C)C)CC1.CC(C)(C)OCN1CCN(COC(C)(C)C)CC1. The number of nitrogens with zero attached hydrogens (tertiary/aromatic N) is 4. The minimum atomic E-state index is -0.0491. The van der Waals surface area contributed by atoms with Crippen molar-refractivity contribution in [2.24, 2.45) is 0 Å². The molecule has 37 heavy (non-hydrogen) atoms. The molecule has 2 heterocycles. The molecule has 0 aromatic rings. The van der Waals surface area contributed by atoms with E-state index in [0.717, 1.165) is 72.6 Å². The molecule has 2 aliphatic rings. The Balaban J connectivity index is -0.000000581. The van der Waals surface area contributed by atoms with Crippen LogP contribution >= 0.6 is 0 Å². The summed E-state index contributed by atoms with van der Waals surface area (Å²) in [5, 5.41) is 0. The number of hydrogen-bond acceptors (Lipinski definition) is 7. The largest absolute Gasteiger partial charge is 0.360 e. The summed E-state index contributed by atoms with van der Waals surface area (Å²) in [6.45, 7) is 36.8. The Bertz CT molecular complexity index is 517. The van der Waals surface area contributed by atoms with Crippen molar-refractivity contribution in [3.63, 3.8) is 0 Å². The lowest BCUT2D eigenvalue weighted by molar-refractivity contribution is -0.1000. The first-order valence-corrected chi connectivity index (χ1v) is 13.2. The van der Waals surface area contributed by atoms with Gasteiger partial charge in [-0.25, -0.2) is 0 Å². The van der Waals surface area contributed by atoms with Crippen LogP contribution in [0.4, 0.5) is 0 Å². The minimum absolute atomic E-state index is 0. The summed E-state index contributed by atoms with van der Waals surface area (Å²) in [5.74, 6) is 0. The van der Waals surface area contributed by atoms with E-state index in [4.69, 9.17) is 14.2 Å². The second-order valence-electron chi connectivity index (χ2n) is 13.7. The molecule has 7 heteroatoms. The second-order valence-corrected chi connectivity index (χ2v) is 13.7. The molecular weight excluding hydrogens is 464 g/mol. The van der Waals surface area contributed by atoms with E-state index in [2.05, 4.69) is 103 Å². The molecule has 0 saturated carbocycles. The average Bonchev–Trinajstić information content (AvgIpc) is 2.68. The maximum atomic E-state index is 5.80. The van der Waals surface area contributed by atoms with E-state index < -0.39 is 0 Å². The van der Waals surface area contributed by atoms with Crippen molar-refractivity contribution in [3.8, 4) is 0 Å². The third kappa shape index (κ3) is 21.2. The molecule has 2 fully saturated rings. The summed E-state index contributed by atoms with van der Waals surface area (Å²) in [7, 11) is 0. The first-order chi connectivity index (χ1) is 15.3. The summed E-state index contributed by atoms with van der Waals surface area (Å²) in [4.78, 5) is 9.66. The van der Waals surface area contributed by atoms with Crippen LogP contribution in [0.1, 0.15) is 105 Å². The molecule has 2 saturated heterocycles. The van der Waals surface area contributed by atoms with Crippen molar-refractivity contribution in [3.05, 3.63) is 0 Å². The fourth-order valence-corrected chi connectivity index (χ4v) is 3.45. The molecule has 0 bridgehead atoms. The lowest BCUT2D eigenvalue weighted by Crippen LogP contribution is -2.54. The molecule has 0 atom stereocenters. The number of ether oxygens (including phenoxy) is 3. The molecular formula is C30H70N4O3. The van der Waals surface area contributed by atoms with Crippen LogP contribution in [0.5, 0.6) is 0 Å². The van der Waals surface area contributed by atoms with Crippen LogP contribution in [0.15, 0.2) is 0 Å². The van der Waals surface area contributed by atoms with Gasteiger partial charge in [-0.1, -0.05) is 22.3 Å². The van der Waals surface area contributed by atoms with Gasteiger partial charge in [-0.3, -0.25) is 19.6 Å². The van der Waals surface area contributed by atoms with Gasteiger partial charge < -0.3 is 14.2 Å². The molecule has 0 N–H and O–H groups in total. The highest BCUT2D eigenvalue weighted by atomic mass is 16.5. The highest BCUT2D eigenvalue weighted by Crippen LogP contribution is 2.16. The third-order valence-corrected chi connectivity index (χ3v) is 5.83. The van der Waals surface area contributed by atoms with E-state index in [9.17, 15) is 0 Å². The molecule has 2 aliphatic heterocycles. The quantitative estimate of drug-likeness (QED) is 0.400. The van der Waals surface area contributed by atoms with Crippen LogP contribution in [0.2, 0.25) is 0 Å². The zero-order valence-corrected chi connectivity index (χ0v) is 24.8. The monoisotopic (exact) mass is 535 g/mol. The average molecular weight is 535 g/mol. The Morgan fingerprint density at radius 1 is 0.405 bits per heavy atom. The molecule has 0 aliphatic carbocycles. The molecule has 0 spiro atoms. The third-order valence-electron chi connectivity index (χ3n) is 5.83. The topological polar surface area (TPSA) is 40.7 Å². The molecule has 7 nitrogen and oxygen atoms in total. The van der Waals surface area contributed by atoms with Crippen LogP contribution in [-0.4, -0.2) is 114 Å². The number of piperazine rings is 2. The Labute approximate surface area is 234 Å². The molecule has 0 aromatic carbocycles. The highest BCUT2D eigenvalue weighted by Gasteiger charge is 2.26. The van der Waals surface area contributed by atoms with E-state index in [-0.39, 0.29) is 39.1 Å². The van der Waals surface area contributed by atoms with Crippen molar-refractivity contribution in [1.82, 2.24) is 19.6 Å². The standard InChI is InChI=1S/C14H30N2O2.C13H28N2O.3CH4/c1-13(2,3)17-11-15-7-9-16(10-8-15)12-18-14(4,5)6;1-12(2,3)15-9-7-14(8-10-15)11-16-13(4,5)6;;;/h7-12H2,1-6H3;7-11H2,1-6H3;3*1H4. The van der Waals surface area contributed by atoms with Crippen LogP contribution in [0.3, 0.4) is 0 Å². The van der Waals surface area contributed by atoms with Crippen molar-refractivity contribution in [2.75, 3.05) is 72.6 Å². The van der Waals surface area contributed by atoms with Gasteiger partial charge in [0, 0.05) is 57.9 Å². The van der Waals surface area contributed by atoms with E-state index >= 15 is 0 Å². The van der Waals surface area contributed by atoms with Crippen molar-refractivity contribution < 1.29 is 14.2 Å². The van der Waals surface area contributed by atoms with Gasteiger partial charge in [0.1, 0.15) is 0 Å². The summed E-state index contributed by atoms with van der Waals surface area (Å²) >= 11 is 0. The van der Waals surface area contributed by atoms with Gasteiger partial charge in [0.15, 0.2) is 0 Å². The van der Waals surface area contributed by atoms with Crippen molar-refractivity contribution in [1.29, 1.82) is 0 Å². The van der Waals surface area contributed by atoms with Crippen molar-refractivity contribution >= 4 is 0 Å². The fourth-order valence-electron chi connectivity index (χ4n) is 3.45. The molecule has 0 amide bonds. The van der Waals surface area contributed by atoms with Crippen LogP contribution in [0.25, 0.3) is 0 Å². The Kier molecular flexibility index (Phi) is 19.4. The van der Waals surface area contributed by atoms with E-state index in [1.165, 1.54) is 0 Å². The summed E-state index contributed by atoms with van der Waals surface area (Å²) in [6.07, 6.45) is 0. The highest BCUT2D eigenvalue weighted by molar-refractivity contribution is 4.81. The maximum absolute atomic E-state index is 5.80. The lowest BCUT2D eigenvalue weighted by atomic mass is 10.1. The fraction of sp³-hybridized carbons (Fsp3) is 1.00. The summed E-state index contributed by atoms with van der Waals surface area (Å²) in [6, 6.07) is 0. The van der Waals surface area contributed by atoms with Crippen molar-refractivity contribution in [2.45, 2.75) is 128 Å². The predicted octanol–water partition coefficient (Wildman–Crippen LogP) is 6.23. The van der Waals surface area contributed by atoms with Crippen LogP contribution in [-0.2, 0) is 14.2 Å². The first-order valence-electron chi connectivity index (χ1n) is 13.2. The summed E-state index contributed by atoms with van der Waals surface area (Å²) in [5.41, 5.74) is 0.178. The zero-order valence-electron chi connectivity index (χ0n) is 24.8. The maximum Gasteiger partial charge on any atom is 0.0998 e. The Morgan fingerprint density at radius 2 is 0.622 bits per heavy atom. The number of rotatable bonds is 6. The zero-order chi connectivity index (χ0) is 26.2. The van der Waals surface area contributed by atoms with Gasteiger partial charge in [0.25, 0.3) is 0 Å².